The third-order valence-corrected chi connectivity index (χ3v) is 3.56. The maximum Gasteiger partial charge on any atom is 0.305 e. The van der Waals surface area contributed by atoms with Crippen LogP contribution in [0.1, 0.15) is 29.6 Å². The summed E-state index contributed by atoms with van der Waals surface area (Å²) < 4.78 is 5.51. The van der Waals surface area contributed by atoms with Gasteiger partial charge in [0.2, 0.25) is 0 Å². The van der Waals surface area contributed by atoms with E-state index >= 15 is 0 Å². The van der Waals surface area contributed by atoms with E-state index < -0.39 is 5.97 Å². The second-order valence-corrected chi connectivity index (χ2v) is 5.13. The number of benzene rings is 1. The molecule has 0 aromatic heterocycles. The molecule has 1 aromatic rings. The molecule has 1 amide bonds. The molecule has 1 heterocycles. The Balaban J connectivity index is 1.79. The maximum absolute atomic E-state index is 12.3. The van der Waals surface area contributed by atoms with Crippen LogP contribution in [0.15, 0.2) is 24.3 Å². The third kappa shape index (κ3) is 4.46. The van der Waals surface area contributed by atoms with Crippen LogP contribution in [-0.4, -0.2) is 47.7 Å². The van der Waals surface area contributed by atoms with Gasteiger partial charge in [0, 0.05) is 24.3 Å². The third-order valence-electron chi connectivity index (χ3n) is 3.56. The summed E-state index contributed by atoms with van der Waals surface area (Å²) in [6.45, 7) is 1.48. The van der Waals surface area contributed by atoms with E-state index in [2.05, 4.69) is 0 Å². The molecule has 1 fully saturated rings. The number of hydrogen-bond acceptors (Lipinski definition) is 4. The van der Waals surface area contributed by atoms with Crippen molar-refractivity contribution in [1.29, 1.82) is 0 Å². The number of likely N-dealkylation sites (tertiary alicyclic amines) is 1. The highest BCUT2D eigenvalue weighted by Crippen LogP contribution is 2.17. The predicted octanol–water partition coefficient (Wildman–Crippen LogP) is 1.36. The van der Waals surface area contributed by atoms with Gasteiger partial charge in [-0.25, -0.2) is 0 Å². The summed E-state index contributed by atoms with van der Waals surface area (Å²) in [5.74, 6) is -0.857. The first-order valence-corrected chi connectivity index (χ1v) is 7.04. The van der Waals surface area contributed by atoms with E-state index in [-0.39, 0.29) is 25.0 Å². The number of carboxylic acid groups (broad SMARTS) is 1. The second-order valence-electron chi connectivity index (χ2n) is 5.13. The van der Waals surface area contributed by atoms with Crippen LogP contribution in [0.5, 0.6) is 0 Å². The van der Waals surface area contributed by atoms with E-state index in [0.29, 0.717) is 24.3 Å². The zero-order valence-corrected chi connectivity index (χ0v) is 11.8. The van der Waals surface area contributed by atoms with Crippen LogP contribution in [0, 0.1) is 0 Å². The summed E-state index contributed by atoms with van der Waals surface area (Å²) in [4.78, 5) is 24.5. The predicted molar refractivity (Wildman–Crippen MR) is 78.0 cm³/mol. The summed E-state index contributed by atoms with van der Waals surface area (Å²) in [5, 5.41) is 8.56. The topological polar surface area (TPSA) is 92.9 Å². The van der Waals surface area contributed by atoms with E-state index in [1.165, 1.54) is 0 Å². The van der Waals surface area contributed by atoms with Gasteiger partial charge in [-0.2, -0.15) is 0 Å². The zero-order chi connectivity index (χ0) is 15.2. The molecule has 0 atom stereocenters. The number of anilines is 1. The highest BCUT2D eigenvalue weighted by atomic mass is 16.5. The number of nitrogens with two attached hydrogens (primary N) is 1. The van der Waals surface area contributed by atoms with Crippen LogP contribution in [0.25, 0.3) is 0 Å². The van der Waals surface area contributed by atoms with Crippen molar-refractivity contribution in [3.05, 3.63) is 29.8 Å². The van der Waals surface area contributed by atoms with Crippen molar-refractivity contribution in [1.82, 2.24) is 4.90 Å². The summed E-state index contributed by atoms with van der Waals surface area (Å²) in [5.41, 5.74) is 6.88. The average Bonchev–Trinajstić information content (AvgIpc) is 2.48. The molecule has 6 nitrogen and oxygen atoms in total. The highest BCUT2D eigenvalue weighted by molar-refractivity contribution is 5.94. The largest absolute Gasteiger partial charge is 0.481 e. The minimum atomic E-state index is -0.856. The molecule has 1 aromatic carbocycles. The Morgan fingerprint density at radius 1 is 1.24 bits per heavy atom. The lowest BCUT2D eigenvalue weighted by Gasteiger charge is -2.32. The number of nitrogens with zero attached hydrogens (tertiary/aromatic N) is 1. The van der Waals surface area contributed by atoms with Crippen LogP contribution in [0.3, 0.4) is 0 Å². The van der Waals surface area contributed by atoms with E-state index in [1.54, 1.807) is 29.2 Å². The smallest absolute Gasteiger partial charge is 0.305 e. The molecule has 0 saturated carbocycles. The standard InChI is InChI=1S/C15H20N2O4/c16-12-3-1-11(2-4-12)15(20)17-8-5-13(6-9-17)21-10-7-14(18)19/h1-4,13H,5-10,16H2,(H,18,19). The van der Waals surface area contributed by atoms with Crippen molar-refractivity contribution in [3.8, 4) is 0 Å². The number of aliphatic carboxylic acids is 1. The van der Waals surface area contributed by atoms with Crippen molar-refractivity contribution in [2.24, 2.45) is 0 Å². The van der Waals surface area contributed by atoms with Gasteiger partial charge < -0.3 is 20.5 Å². The fourth-order valence-corrected chi connectivity index (χ4v) is 2.35. The van der Waals surface area contributed by atoms with Crippen LogP contribution < -0.4 is 5.73 Å². The molecule has 0 aliphatic carbocycles. The molecule has 1 aliphatic heterocycles. The van der Waals surface area contributed by atoms with Gasteiger partial charge in [-0.1, -0.05) is 0 Å². The maximum atomic E-state index is 12.3. The first kappa shape index (κ1) is 15.3. The van der Waals surface area contributed by atoms with Gasteiger partial charge in [-0.3, -0.25) is 9.59 Å². The SMILES string of the molecule is Nc1ccc(C(=O)N2CCC(OCCC(=O)O)CC2)cc1. The molecule has 6 heteroatoms. The number of carboxylic acids is 1. The van der Waals surface area contributed by atoms with Crippen molar-refractivity contribution < 1.29 is 19.4 Å². The van der Waals surface area contributed by atoms with Gasteiger partial charge in [0.15, 0.2) is 0 Å². The molecule has 0 bridgehead atoms. The Kier molecular flexibility index (Phi) is 5.16. The zero-order valence-electron chi connectivity index (χ0n) is 11.8. The minimum Gasteiger partial charge on any atom is -0.481 e. The lowest BCUT2D eigenvalue weighted by molar-refractivity contribution is -0.138. The minimum absolute atomic E-state index is 0.000939. The quantitative estimate of drug-likeness (QED) is 0.799. The molecule has 1 saturated heterocycles. The summed E-state index contributed by atoms with van der Waals surface area (Å²) in [7, 11) is 0. The van der Waals surface area contributed by atoms with Crippen LogP contribution in [-0.2, 0) is 9.53 Å². The van der Waals surface area contributed by atoms with Crippen molar-refractivity contribution in [2.75, 3.05) is 25.4 Å². The number of nitrogen functional groups attached to an aromatic ring is 1. The number of amides is 1. The Morgan fingerprint density at radius 2 is 1.86 bits per heavy atom. The first-order chi connectivity index (χ1) is 10.1. The average molecular weight is 292 g/mol. The number of rotatable bonds is 5. The molecule has 21 heavy (non-hydrogen) atoms. The van der Waals surface area contributed by atoms with Gasteiger partial charge in [0.1, 0.15) is 0 Å². The van der Waals surface area contributed by atoms with Gasteiger partial charge in [0.25, 0.3) is 5.91 Å². The van der Waals surface area contributed by atoms with E-state index in [0.717, 1.165) is 12.8 Å². The van der Waals surface area contributed by atoms with Crippen molar-refractivity contribution in [2.45, 2.75) is 25.4 Å². The monoisotopic (exact) mass is 292 g/mol. The fourth-order valence-electron chi connectivity index (χ4n) is 2.35. The van der Waals surface area contributed by atoms with Crippen molar-refractivity contribution in [3.63, 3.8) is 0 Å². The normalized spacial score (nSPS) is 15.9. The van der Waals surface area contributed by atoms with E-state index in [9.17, 15) is 9.59 Å². The Hall–Kier alpha value is -2.08. The lowest BCUT2D eigenvalue weighted by atomic mass is 10.1. The fraction of sp³-hybridized carbons (Fsp3) is 0.467. The molecule has 2 rings (SSSR count). The van der Waals surface area contributed by atoms with Crippen LogP contribution in [0.2, 0.25) is 0 Å². The molecular formula is C15H20N2O4. The van der Waals surface area contributed by atoms with Gasteiger partial charge in [-0.05, 0) is 37.1 Å². The Morgan fingerprint density at radius 3 is 2.43 bits per heavy atom. The van der Waals surface area contributed by atoms with Crippen LogP contribution >= 0.6 is 0 Å². The van der Waals surface area contributed by atoms with Crippen LogP contribution in [0.4, 0.5) is 5.69 Å². The summed E-state index contributed by atoms with van der Waals surface area (Å²) in [6.07, 6.45) is 1.53. The summed E-state index contributed by atoms with van der Waals surface area (Å²) in [6, 6.07) is 6.89. The van der Waals surface area contributed by atoms with Gasteiger partial charge in [-0.15, -0.1) is 0 Å². The first-order valence-electron chi connectivity index (χ1n) is 7.04. The highest BCUT2D eigenvalue weighted by Gasteiger charge is 2.24. The molecule has 1 aliphatic rings. The number of ether oxygens (including phenoxy) is 1. The molecular weight excluding hydrogens is 272 g/mol. The van der Waals surface area contributed by atoms with Gasteiger partial charge >= 0.3 is 5.97 Å². The number of carbonyl (C=O) groups excluding carboxylic acids is 1. The molecule has 0 radical (unpaired) electrons. The number of carbonyl (C=O) groups is 2. The Bertz CT molecular complexity index is 493. The lowest BCUT2D eigenvalue weighted by Crippen LogP contribution is -2.41. The molecule has 114 valence electrons. The second kappa shape index (κ2) is 7.08. The summed E-state index contributed by atoms with van der Waals surface area (Å²) >= 11 is 0. The van der Waals surface area contributed by atoms with Gasteiger partial charge in [0.05, 0.1) is 19.1 Å². The van der Waals surface area contributed by atoms with Crippen molar-refractivity contribution >= 4 is 17.6 Å². The Labute approximate surface area is 123 Å². The molecule has 0 spiro atoms. The van der Waals surface area contributed by atoms with E-state index in [1.807, 2.05) is 0 Å². The van der Waals surface area contributed by atoms with E-state index in [4.69, 9.17) is 15.6 Å². The number of piperidine rings is 1. The molecule has 0 unspecified atom stereocenters. The molecule has 3 N–H and O–H groups in total. The number of hydrogen-bond donors (Lipinski definition) is 2.